The zero-order valence-corrected chi connectivity index (χ0v) is 13.9. The van der Waals surface area contributed by atoms with E-state index in [2.05, 4.69) is 19.2 Å². The lowest BCUT2D eigenvalue weighted by Gasteiger charge is -2.30. The largest absolute Gasteiger partial charge is 0.481 e. The second-order valence-electron chi connectivity index (χ2n) is 7.46. The Labute approximate surface area is 128 Å². The highest BCUT2D eigenvalue weighted by Crippen LogP contribution is 2.43. The number of carbonyl (C=O) groups excluding carboxylic acids is 1. The minimum Gasteiger partial charge on any atom is -0.481 e. The molecule has 1 unspecified atom stereocenters. The Bertz CT molecular complexity index is 357. The molecule has 1 amide bonds. The second-order valence-corrected chi connectivity index (χ2v) is 7.46. The summed E-state index contributed by atoms with van der Waals surface area (Å²) in [5, 5.41) is 12.2. The summed E-state index contributed by atoms with van der Waals surface area (Å²) < 4.78 is 0. The van der Waals surface area contributed by atoms with Crippen molar-refractivity contribution < 1.29 is 14.7 Å². The Kier molecular flexibility index (Phi) is 6.69. The molecular weight excluding hydrogens is 266 g/mol. The number of hydrogen-bond acceptors (Lipinski definition) is 2. The number of hydrogen-bond donors (Lipinski definition) is 2. The molecule has 0 spiro atoms. The Hall–Kier alpha value is -1.06. The van der Waals surface area contributed by atoms with Gasteiger partial charge in [-0.25, -0.2) is 0 Å². The highest BCUT2D eigenvalue weighted by molar-refractivity contribution is 5.83. The molecule has 1 saturated carbocycles. The van der Waals surface area contributed by atoms with E-state index in [0.717, 1.165) is 32.1 Å². The van der Waals surface area contributed by atoms with Crippen LogP contribution in [0.1, 0.15) is 66.2 Å². The van der Waals surface area contributed by atoms with Gasteiger partial charge in [0.15, 0.2) is 0 Å². The van der Waals surface area contributed by atoms with Crippen molar-refractivity contribution in [3.63, 3.8) is 0 Å². The lowest BCUT2D eigenvalue weighted by atomic mass is 9.77. The fraction of sp³-hybridized carbons (Fsp3) is 0.882. The Morgan fingerprint density at radius 3 is 2.10 bits per heavy atom. The average molecular weight is 297 g/mol. The number of carbonyl (C=O) groups is 2. The van der Waals surface area contributed by atoms with Gasteiger partial charge in [0.25, 0.3) is 0 Å². The Morgan fingerprint density at radius 2 is 1.67 bits per heavy atom. The number of aliphatic carboxylic acids is 1. The zero-order chi connectivity index (χ0) is 16.0. The van der Waals surface area contributed by atoms with Crippen LogP contribution >= 0.6 is 0 Å². The molecule has 1 aliphatic carbocycles. The summed E-state index contributed by atoms with van der Waals surface area (Å²) in [5.74, 6) is -0.414. The summed E-state index contributed by atoms with van der Waals surface area (Å²) in [5.41, 5.74) is -0.255. The first-order valence-electron chi connectivity index (χ1n) is 8.28. The molecule has 0 heterocycles. The van der Waals surface area contributed by atoms with E-state index in [1.165, 1.54) is 0 Å². The molecule has 0 bridgehead atoms. The van der Waals surface area contributed by atoms with Gasteiger partial charge in [-0.05, 0) is 37.5 Å². The van der Waals surface area contributed by atoms with Gasteiger partial charge in [-0.1, -0.05) is 40.5 Å². The molecule has 0 aromatic carbocycles. The average Bonchev–Trinajstić information content (AvgIpc) is 2.82. The number of carboxylic acid groups (broad SMARTS) is 1. The predicted octanol–water partition coefficient (Wildman–Crippen LogP) is 3.46. The molecule has 0 saturated heterocycles. The van der Waals surface area contributed by atoms with Crippen LogP contribution in [0.15, 0.2) is 0 Å². The maximum Gasteiger partial charge on any atom is 0.308 e. The molecule has 1 rings (SSSR count). The van der Waals surface area contributed by atoms with Crippen molar-refractivity contribution in [3.05, 3.63) is 0 Å². The van der Waals surface area contributed by atoms with Crippen molar-refractivity contribution in [2.24, 2.45) is 23.2 Å². The predicted molar refractivity (Wildman–Crippen MR) is 83.9 cm³/mol. The monoisotopic (exact) mass is 297 g/mol. The van der Waals surface area contributed by atoms with Crippen LogP contribution in [0.2, 0.25) is 0 Å². The third-order valence-electron chi connectivity index (χ3n) is 4.46. The van der Waals surface area contributed by atoms with Crippen LogP contribution in [0.25, 0.3) is 0 Å². The third-order valence-corrected chi connectivity index (χ3v) is 4.46. The molecule has 122 valence electrons. The topological polar surface area (TPSA) is 66.4 Å². The highest BCUT2D eigenvalue weighted by Gasteiger charge is 2.41. The van der Waals surface area contributed by atoms with Gasteiger partial charge < -0.3 is 10.4 Å². The molecule has 1 fully saturated rings. The number of nitrogens with one attached hydrogen (secondary N) is 1. The van der Waals surface area contributed by atoms with Crippen molar-refractivity contribution in [2.75, 3.05) is 6.54 Å². The zero-order valence-electron chi connectivity index (χ0n) is 13.9. The Morgan fingerprint density at radius 1 is 1.10 bits per heavy atom. The smallest absolute Gasteiger partial charge is 0.308 e. The molecule has 4 heteroatoms. The van der Waals surface area contributed by atoms with Crippen LogP contribution in [0, 0.1) is 23.2 Å². The Balaban J connectivity index is 2.62. The van der Waals surface area contributed by atoms with E-state index < -0.39 is 11.9 Å². The standard InChI is InChI=1S/C17H31NO3/c1-12(2)9-14(15(19)20)11-18-16(21)17(10-13(3)4)7-5-6-8-17/h12-14H,5-11H2,1-4H3,(H,18,21)(H,19,20). The van der Waals surface area contributed by atoms with Gasteiger partial charge in [-0.3, -0.25) is 9.59 Å². The van der Waals surface area contributed by atoms with Crippen molar-refractivity contribution in [3.8, 4) is 0 Å². The van der Waals surface area contributed by atoms with Gasteiger partial charge in [0, 0.05) is 12.0 Å². The highest BCUT2D eigenvalue weighted by atomic mass is 16.4. The van der Waals surface area contributed by atoms with E-state index in [4.69, 9.17) is 0 Å². The van der Waals surface area contributed by atoms with Gasteiger partial charge in [-0.15, -0.1) is 0 Å². The quantitative estimate of drug-likeness (QED) is 0.721. The molecule has 0 aromatic heterocycles. The molecule has 0 aromatic rings. The van der Waals surface area contributed by atoms with Crippen LogP contribution in [-0.4, -0.2) is 23.5 Å². The van der Waals surface area contributed by atoms with Crippen molar-refractivity contribution in [1.29, 1.82) is 0 Å². The fourth-order valence-corrected chi connectivity index (χ4v) is 3.60. The van der Waals surface area contributed by atoms with E-state index in [1.54, 1.807) is 0 Å². The first-order valence-corrected chi connectivity index (χ1v) is 8.28. The molecule has 0 aliphatic heterocycles. The fourth-order valence-electron chi connectivity index (χ4n) is 3.60. The minimum atomic E-state index is -0.812. The number of amides is 1. The van der Waals surface area contributed by atoms with Gasteiger partial charge in [-0.2, -0.15) is 0 Å². The van der Waals surface area contributed by atoms with Gasteiger partial charge in [0.05, 0.1) is 5.92 Å². The molecule has 2 N–H and O–H groups in total. The molecule has 1 aliphatic rings. The second kappa shape index (κ2) is 7.81. The van der Waals surface area contributed by atoms with Crippen LogP contribution in [0.3, 0.4) is 0 Å². The summed E-state index contributed by atoms with van der Waals surface area (Å²) in [6, 6.07) is 0. The summed E-state index contributed by atoms with van der Waals surface area (Å²) in [4.78, 5) is 23.9. The maximum atomic E-state index is 12.6. The van der Waals surface area contributed by atoms with E-state index in [9.17, 15) is 14.7 Å². The maximum absolute atomic E-state index is 12.6. The van der Waals surface area contributed by atoms with E-state index in [0.29, 0.717) is 18.3 Å². The van der Waals surface area contributed by atoms with Gasteiger partial charge in [0.2, 0.25) is 5.91 Å². The van der Waals surface area contributed by atoms with Crippen LogP contribution in [0.4, 0.5) is 0 Å². The molecular formula is C17H31NO3. The first-order chi connectivity index (χ1) is 9.77. The summed E-state index contributed by atoms with van der Waals surface area (Å²) in [7, 11) is 0. The van der Waals surface area contributed by atoms with Crippen molar-refractivity contribution in [2.45, 2.75) is 66.2 Å². The lowest BCUT2D eigenvalue weighted by Crippen LogP contribution is -2.43. The summed E-state index contributed by atoms with van der Waals surface area (Å²) in [6.45, 7) is 8.56. The lowest BCUT2D eigenvalue weighted by molar-refractivity contribution is -0.142. The van der Waals surface area contributed by atoms with E-state index >= 15 is 0 Å². The first kappa shape index (κ1) is 18.0. The van der Waals surface area contributed by atoms with Crippen molar-refractivity contribution in [1.82, 2.24) is 5.32 Å². The van der Waals surface area contributed by atoms with Crippen molar-refractivity contribution >= 4 is 11.9 Å². The van der Waals surface area contributed by atoms with Crippen LogP contribution < -0.4 is 5.32 Å². The van der Waals surface area contributed by atoms with Crippen LogP contribution in [0.5, 0.6) is 0 Å². The summed E-state index contributed by atoms with van der Waals surface area (Å²) in [6.07, 6.45) is 5.61. The molecule has 1 atom stereocenters. The molecule has 21 heavy (non-hydrogen) atoms. The number of rotatable bonds is 8. The van der Waals surface area contributed by atoms with E-state index in [1.807, 2.05) is 13.8 Å². The SMILES string of the molecule is CC(C)CC(CNC(=O)C1(CC(C)C)CCCC1)C(=O)O. The number of carboxylic acids is 1. The molecule has 4 nitrogen and oxygen atoms in total. The summed E-state index contributed by atoms with van der Waals surface area (Å²) >= 11 is 0. The molecule has 0 radical (unpaired) electrons. The normalized spacial score (nSPS) is 19.0. The van der Waals surface area contributed by atoms with Crippen LogP contribution in [-0.2, 0) is 9.59 Å². The third kappa shape index (κ3) is 5.33. The van der Waals surface area contributed by atoms with Gasteiger partial charge in [0.1, 0.15) is 0 Å². The van der Waals surface area contributed by atoms with Gasteiger partial charge >= 0.3 is 5.97 Å². The minimum absolute atomic E-state index is 0.0729. The van der Waals surface area contributed by atoms with E-state index in [-0.39, 0.29) is 17.9 Å².